The molecule has 3 aromatic rings. The quantitative estimate of drug-likeness (QED) is 0.633. The monoisotopic (exact) mass is 395 g/mol. The van der Waals surface area contributed by atoms with Gasteiger partial charge in [0.15, 0.2) is 12.3 Å². The van der Waals surface area contributed by atoms with Crippen molar-refractivity contribution in [3.63, 3.8) is 0 Å². The van der Waals surface area contributed by atoms with Crippen LogP contribution in [0, 0.1) is 0 Å². The van der Waals surface area contributed by atoms with Crippen LogP contribution in [0.1, 0.15) is 10.5 Å². The third kappa shape index (κ3) is 3.27. The van der Waals surface area contributed by atoms with E-state index in [0.29, 0.717) is 17.3 Å². The smallest absolute Gasteiger partial charge is 0.359 e. The van der Waals surface area contributed by atoms with E-state index in [1.54, 1.807) is 40.9 Å². The predicted molar refractivity (Wildman–Crippen MR) is 107 cm³/mol. The summed E-state index contributed by atoms with van der Waals surface area (Å²) in [4.78, 5) is 40.1. The highest BCUT2D eigenvalue weighted by Crippen LogP contribution is 2.34. The Hall–Kier alpha value is -3.13. The van der Waals surface area contributed by atoms with Crippen LogP contribution in [-0.4, -0.2) is 40.6 Å². The number of carbonyl (C=O) groups is 2. The molecule has 1 aromatic heterocycles. The highest BCUT2D eigenvalue weighted by molar-refractivity contribution is 7.99. The molecule has 28 heavy (non-hydrogen) atoms. The molecule has 0 saturated heterocycles. The van der Waals surface area contributed by atoms with Crippen LogP contribution in [-0.2, 0) is 16.6 Å². The number of hydrogen-bond donors (Lipinski definition) is 0. The number of rotatable bonds is 3. The normalized spacial score (nSPS) is 13.2. The van der Waals surface area contributed by atoms with Gasteiger partial charge in [-0.25, -0.2) is 9.48 Å². The second-order valence-corrected chi connectivity index (χ2v) is 7.40. The molecular formula is C20H17N3O4S. The van der Waals surface area contributed by atoms with Gasteiger partial charge in [0.1, 0.15) is 0 Å². The second kappa shape index (κ2) is 7.47. The van der Waals surface area contributed by atoms with E-state index in [4.69, 9.17) is 4.74 Å². The van der Waals surface area contributed by atoms with Crippen molar-refractivity contribution >= 4 is 40.1 Å². The second-order valence-electron chi connectivity index (χ2n) is 6.26. The number of fused-ring (bicyclic) bond motifs is 2. The number of thioether (sulfide) groups is 1. The minimum absolute atomic E-state index is 0.0140. The Labute approximate surface area is 164 Å². The Balaban J connectivity index is 1.55. The molecule has 0 radical (unpaired) electrons. The van der Waals surface area contributed by atoms with E-state index in [9.17, 15) is 14.4 Å². The topological polar surface area (TPSA) is 81.5 Å². The van der Waals surface area contributed by atoms with E-state index in [1.165, 1.54) is 7.05 Å². The highest BCUT2D eigenvalue weighted by Gasteiger charge is 2.24. The number of benzene rings is 2. The van der Waals surface area contributed by atoms with Crippen molar-refractivity contribution in [1.82, 2.24) is 9.78 Å². The zero-order chi connectivity index (χ0) is 19.7. The van der Waals surface area contributed by atoms with Crippen LogP contribution in [0.25, 0.3) is 10.8 Å². The Morgan fingerprint density at radius 1 is 1.11 bits per heavy atom. The van der Waals surface area contributed by atoms with Gasteiger partial charge in [0, 0.05) is 29.6 Å². The minimum atomic E-state index is -0.736. The molecule has 0 atom stereocenters. The van der Waals surface area contributed by atoms with Gasteiger partial charge in [0.25, 0.3) is 11.5 Å². The van der Waals surface area contributed by atoms with Crippen LogP contribution in [0.3, 0.4) is 0 Å². The van der Waals surface area contributed by atoms with E-state index in [-0.39, 0.29) is 17.2 Å². The molecule has 0 fully saturated rings. The van der Waals surface area contributed by atoms with Crippen molar-refractivity contribution in [3.05, 3.63) is 64.6 Å². The predicted octanol–water partition coefficient (Wildman–Crippen LogP) is 2.23. The number of nitrogens with zero attached hydrogens (tertiary/aromatic N) is 3. The first-order valence-corrected chi connectivity index (χ1v) is 9.70. The molecule has 1 aliphatic rings. The first kappa shape index (κ1) is 18.2. The molecule has 4 rings (SSSR count). The number of amides is 1. The number of anilines is 1. The lowest BCUT2D eigenvalue weighted by Gasteiger charge is -2.28. The first-order valence-electron chi connectivity index (χ1n) is 8.71. The summed E-state index contributed by atoms with van der Waals surface area (Å²) in [6.45, 7) is 0.162. The van der Waals surface area contributed by atoms with E-state index in [2.05, 4.69) is 5.10 Å². The maximum atomic E-state index is 12.6. The van der Waals surface area contributed by atoms with Crippen LogP contribution in [0.4, 0.5) is 5.69 Å². The van der Waals surface area contributed by atoms with Gasteiger partial charge in [-0.3, -0.25) is 9.59 Å². The number of aromatic nitrogens is 2. The maximum Gasteiger partial charge on any atom is 0.359 e. The molecule has 2 aromatic carbocycles. The van der Waals surface area contributed by atoms with E-state index < -0.39 is 12.6 Å². The fourth-order valence-corrected chi connectivity index (χ4v) is 4.15. The number of esters is 1. The third-order valence-electron chi connectivity index (χ3n) is 4.51. The molecule has 1 amide bonds. The van der Waals surface area contributed by atoms with Crippen LogP contribution < -0.4 is 10.5 Å². The van der Waals surface area contributed by atoms with Crippen LogP contribution in [0.2, 0.25) is 0 Å². The van der Waals surface area contributed by atoms with Crippen LogP contribution in [0.5, 0.6) is 0 Å². The number of carbonyl (C=O) groups excluding carboxylic acids is 2. The van der Waals surface area contributed by atoms with Gasteiger partial charge >= 0.3 is 5.97 Å². The fraction of sp³-hybridized carbons (Fsp3) is 0.200. The lowest BCUT2D eigenvalue weighted by atomic mass is 10.1. The summed E-state index contributed by atoms with van der Waals surface area (Å²) < 4.78 is 6.34. The first-order chi connectivity index (χ1) is 13.6. The minimum Gasteiger partial charge on any atom is -0.451 e. The SMILES string of the molecule is Cn1nc(C(=O)OCC(=O)N2CCSc3ccccc32)c2ccccc2c1=O. The standard InChI is InChI=1S/C20H17N3O4S/c1-22-19(25)14-7-3-2-6-13(14)18(21-22)20(26)27-12-17(24)23-10-11-28-16-9-5-4-8-15(16)23/h2-9H,10-12H2,1H3. The van der Waals surface area contributed by atoms with Crippen molar-refractivity contribution in [2.75, 3.05) is 23.8 Å². The molecule has 0 unspecified atom stereocenters. The van der Waals surface area contributed by atoms with Gasteiger partial charge in [-0.05, 0) is 18.2 Å². The summed E-state index contributed by atoms with van der Waals surface area (Å²) >= 11 is 1.69. The Kier molecular flexibility index (Phi) is 4.87. The molecule has 8 heteroatoms. The van der Waals surface area contributed by atoms with Gasteiger partial charge in [-0.2, -0.15) is 5.10 Å². The average Bonchev–Trinajstić information content (AvgIpc) is 2.74. The molecule has 2 heterocycles. The van der Waals surface area contributed by atoms with Crippen molar-refractivity contribution in [2.45, 2.75) is 4.90 Å². The van der Waals surface area contributed by atoms with Crippen molar-refractivity contribution in [2.24, 2.45) is 7.05 Å². The van der Waals surface area contributed by atoms with E-state index in [0.717, 1.165) is 21.0 Å². The van der Waals surface area contributed by atoms with Crippen molar-refractivity contribution < 1.29 is 14.3 Å². The average molecular weight is 395 g/mol. The number of para-hydroxylation sites is 1. The number of hydrogen-bond acceptors (Lipinski definition) is 6. The van der Waals surface area contributed by atoms with Crippen molar-refractivity contribution in [1.29, 1.82) is 0 Å². The summed E-state index contributed by atoms with van der Waals surface area (Å²) in [5.74, 6) is -0.251. The summed E-state index contributed by atoms with van der Waals surface area (Å²) in [6, 6.07) is 14.3. The zero-order valence-electron chi connectivity index (χ0n) is 15.1. The summed E-state index contributed by atoms with van der Waals surface area (Å²) in [5, 5.41) is 4.81. The third-order valence-corrected chi connectivity index (χ3v) is 5.55. The Morgan fingerprint density at radius 2 is 1.82 bits per heavy atom. The molecule has 0 spiro atoms. The largest absolute Gasteiger partial charge is 0.451 e. The summed E-state index contributed by atoms with van der Waals surface area (Å²) in [7, 11) is 1.47. The van der Waals surface area contributed by atoms with Gasteiger partial charge in [-0.15, -0.1) is 11.8 Å². The van der Waals surface area contributed by atoms with E-state index >= 15 is 0 Å². The Morgan fingerprint density at radius 3 is 2.64 bits per heavy atom. The molecule has 142 valence electrons. The molecular weight excluding hydrogens is 378 g/mol. The van der Waals surface area contributed by atoms with Gasteiger partial charge in [0.05, 0.1) is 11.1 Å². The molecule has 0 N–H and O–H groups in total. The summed E-state index contributed by atoms with van der Waals surface area (Å²) in [6.07, 6.45) is 0. The van der Waals surface area contributed by atoms with E-state index in [1.807, 2.05) is 24.3 Å². The van der Waals surface area contributed by atoms with Crippen LogP contribution >= 0.6 is 11.8 Å². The van der Waals surface area contributed by atoms with Gasteiger partial charge in [-0.1, -0.05) is 30.3 Å². The number of ether oxygens (including phenoxy) is 1. The fourth-order valence-electron chi connectivity index (χ4n) is 3.15. The van der Waals surface area contributed by atoms with Crippen molar-refractivity contribution in [3.8, 4) is 0 Å². The maximum absolute atomic E-state index is 12.6. The highest BCUT2D eigenvalue weighted by atomic mass is 32.2. The van der Waals surface area contributed by atoms with Gasteiger partial charge < -0.3 is 9.64 Å². The number of aryl methyl sites for hydroxylation is 1. The molecule has 0 saturated carbocycles. The van der Waals surface area contributed by atoms with Crippen LogP contribution in [0.15, 0.2) is 58.2 Å². The molecule has 7 nitrogen and oxygen atoms in total. The lowest BCUT2D eigenvalue weighted by Crippen LogP contribution is -2.38. The molecule has 0 aliphatic carbocycles. The van der Waals surface area contributed by atoms with Gasteiger partial charge in [0.2, 0.25) is 0 Å². The molecule has 1 aliphatic heterocycles. The zero-order valence-corrected chi connectivity index (χ0v) is 15.9. The Bertz CT molecular complexity index is 1140. The lowest BCUT2D eigenvalue weighted by molar-refractivity contribution is -0.121. The summed E-state index contributed by atoms with van der Waals surface area (Å²) in [5.41, 5.74) is 0.538. The molecule has 0 bridgehead atoms.